The van der Waals surface area contributed by atoms with Crippen LogP contribution < -0.4 is 10.1 Å². The molecule has 0 bridgehead atoms. The molecule has 0 spiro atoms. The molecule has 0 aliphatic rings. The first-order chi connectivity index (χ1) is 15.8. The quantitative estimate of drug-likeness (QED) is 0.257. The Morgan fingerprint density at radius 1 is 1.12 bits per heavy atom. The Morgan fingerprint density at radius 3 is 2.48 bits per heavy atom. The van der Waals surface area contributed by atoms with Gasteiger partial charge in [0, 0.05) is 13.1 Å². The SMILES string of the molecule is CCN(CC)S(=O)(=O)c1ccc(Nc2ccccc2OC)c(N=Cc2ccc([N+](=O)[O-])o2)c1. The van der Waals surface area contributed by atoms with Crippen molar-refractivity contribution in [3.05, 3.63) is 70.5 Å². The van der Waals surface area contributed by atoms with E-state index in [0.717, 1.165) is 0 Å². The zero-order chi connectivity index (χ0) is 24.0. The maximum Gasteiger partial charge on any atom is 0.433 e. The summed E-state index contributed by atoms with van der Waals surface area (Å²) in [6.45, 7) is 4.19. The Hall–Kier alpha value is -3.70. The molecule has 10 nitrogen and oxygen atoms in total. The predicted octanol–water partition coefficient (Wildman–Crippen LogP) is 4.72. The Balaban J connectivity index is 2.06. The van der Waals surface area contributed by atoms with E-state index >= 15 is 0 Å². The van der Waals surface area contributed by atoms with Crippen LogP contribution in [0.1, 0.15) is 19.6 Å². The van der Waals surface area contributed by atoms with Gasteiger partial charge in [-0.05, 0) is 36.4 Å². The summed E-state index contributed by atoms with van der Waals surface area (Å²) in [5.74, 6) is 0.331. The summed E-state index contributed by atoms with van der Waals surface area (Å²) >= 11 is 0. The molecule has 0 atom stereocenters. The highest BCUT2D eigenvalue weighted by Crippen LogP contribution is 2.35. The second-order valence-corrected chi connectivity index (χ2v) is 8.72. The van der Waals surface area contributed by atoms with Crippen LogP contribution in [0.3, 0.4) is 0 Å². The number of methoxy groups -OCH3 is 1. The normalized spacial score (nSPS) is 11.8. The molecule has 0 saturated heterocycles. The number of hydrogen-bond donors (Lipinski definition) is 1. The summed E-state index contributed by atoms with van der Waals surface area (Å²) in [4.78, 5) is 14.6. The Labute approximate surface area is 191 Å². The molecule has 0 unspecified atom stereocenters. The van der Waals surface area contributed by atoms with Gasteiger partial charge in [-0.15, -0.1) is 0 Å². The van der Waals surface area contributed by atoms with Crippen molar-refractivity contribution < 1.29 is 22.5 Å². The van der Waals surface area contributed by atoms with Crippen LogP contribution in [0.2, 0.25) is 0 Å². The highest BCUT2D eigenvalue weighted by Gasteiger charge is 2.23. The van der Waals surface area contributed by atoms with Gasteiger partial charge in [-0.2, -0.15) is 4.31 Å². The van der Waals surface area contributed by atoms with Crippen molar-refractivity contribution in [1.29, 1.82) is 0 Å². The number of nitrogens with one attached hydrogen (secondary N) is 1. The van der Waals surface area contributed by atoms with Crippen molar-refractivity contribution >= 4 is 39.2 Å². The molecule has 1 heterocycles. The summed E-state index contributed by atoms with van der Waals surface area (Å²) in [7, 11) is -2.18. The maximum atomic E-state index is 13.0. The molecule has 1 N–H and O–H groups in total. The smallest absolute Gasteiger partial charge is 0.433 e. The van der Waals surface area contributed by atoms with Gasteiger partial charge in [0.15, 0.2) is 5.76 Å². The molecule has 0 saturated carbocycles. The Bertz CT molecular complexity index is 1270. The lowest BCUT2D eigenvalue weighted by atomic mass is 10.2. The fraction of sp³-hybridized carbons (Fsp3) is 0.227. The van der Waals surface area contributed by atoms with E-state index in [4.69, 9.17) is 9.15 Å². The number of ether oxygens (including phenoxy) is 1. The number of hydrogen-bond acceptors (Lipinski definition) is 8. The molecule has 3 rings (SSSR count). The van der Waals surface area contributed by atoms with Crippen LogP contribution in [-0.4, -0.2) is 44.1 Å². The minimum absolute atomic E-state index is 0.0781. The zero-order valence-corrected chi connectivity index (χ0v) is 19.2. The van der Waals surface area contributed by atoms with E-state index in [1.54, 1.807) is 33.1 Å². The van der Waals surface area contributed by atoms with Crippen LogP contribution in [0.15, 0.2) is 68.9 Å². The van der Waals surface area contributed by atoms with Crippen molar-refractivity contribution in [1.82, 2.24) is 4.31 Å². The number of benzene rings is 2. The Kier molecular flexibility index (Phi) is 7.46. The zero-order valence-electron chi connectivity index (χ0n) is 18.4. The van der Waals surface area contributed by atoms with Crippen LogP contribution in [0.25, 0.3) is 0 Å². The number of sulfonamides is 1. The third-order valence-corrected chi connectivity index (χ3v) is 6.86. The summed E-state index contributed by atoms with van der Waals surface area (Å²) in [6.07, 6.45) is 1.30. The van der Waals surface area contributed by atoms with Gasteiger partial charge in [0.2, 0.25) is 10.0 Å². The lowest BCUT2D eigenvalue weighted by Gasteiger charge is -2.19. The van der Waals surface area contributed by atoms with Crippen molar-refractivity contribution in [2.24, 2.45) is 4.99 Å². The van der Waals surface area contributed by atoms with Gasteiger partial charge in [0.05, 0.1) is 41.3 Å². The van der Waals surface area contributed by atoms with E-state index in [0.29, 0.717) is 35.9 Å². The van der Waals surface area contributed by atoms with E-state index in [9.17, 15) is 18.5 Å². The van der Waals surface area contributed by atoms with Gasteiger partial charge in [-0.3, -0.25) is 15.1 Å². The summed E-state index contributed by atoms with van der Waals surface area (Å²) in [5, 5.41) is 14.1. The first-order valence-corrected chi connectivity index (χ1v) is 11.6. The number of furan rings is 1. The molecule has 0 aliphatic carbocycles. The lowest BCUT2D eigenvalue weighted by molar-refractivity contribution is -0.402. The highest BCUT2D eigenvalue weighted by molar-refractivity contribution is 7.89. The molecule has 33 heavy (non-hydrogen) atoms. The van der Waals surface area contributed by atoms with Crippen LogP contribution >= 0.6 is 0 Å². The van der Waals surface area contributed by atoms with Crippen molar-refractivity contribution in [3.8, 4) is 5.75 Å². The van der Waals surface area contributed by atoms with Crippen LogP contribution in [0, 0.1) is 10.1 Å². The first kappa shape index (κ1) is 24.0. The summed E-state index contributed by atoms with van der Waals surface area (Å²) in [6, 6.07) is 14.4. The molecule has 2 aromatic carbocycles. The van der Waals surface area contributed by atoms with Gasteiger partial charge in [0.25, 0.3) is 0 Å². The minimum atomic E-state index is -3.72. The third kappa shape index (κ3) is 5.38. The van der Waals surface area contributed by atoms with Crippen molar-refractivity contribution in [2.75, 3.05) is 25.5 Å². The summed E-state index contributed by atoms with van der Waals surface area (Å²) in [5.41, 5.74) is 1.47. The first-order valence-electron chi connectivity index (χ1n) is 10.1. The predicted molar refractivity (Wildman–Crippen MR) is 125 cm³/mol. The second kappa shape index (κ2) is 10.3. The average Bonchev–Trinajstić information content (AvgIpc) is 3.29. The van der Waals surface area contributed by atoms with Gasteiger partial charge >= 0.3 is 5.88 Å². The van der Waals surface area contributed by atoms with E-state index in [-0.39, 0.29) is 10.7 Å². The molecule has 0 radical (unpaired) electrons. The topological polar surface area (TPSA) is 127 Å². The maximum absolute atomic E-state index is 13.0. The van der Waals surface area contributed by atoms with Crippen LogP contribution in [-0.2, 0) is 10.0 Å². The molecule has 1 aromatic heterocycles. The number of nitro groups is 1. The molecular weight excluding hydrogens is 448 g/mol. The van der Waals surface area contributed by atoms with Gasteiger partial charge in [0.1, 0.15) is 10.7 Å². The number of anilines is 2. The van der Waals surface area contributed by atoms with Gasteiger partial charge in [-0.1, -0.05) is 26.0 Å². The Morgan fingerprint density at radius 2 is 1.85 bits per heavy atom. The molecule has 0 fully saturated rings. The van der Waals surface area contributed by atoms with E-state index < -0.39 is 20.8 Å². The molecule has 174 valence electrons. The number of nitrogens with zero attached hydrogens (tertiary/aromatic N) is 3. The molecule has 0 amide bonds. The molecule has 3 aromatic rings. The largest absolute Gasteiger partial charge is 0.495 e. The monoisotopic (exact) mass is 472 g/mol. The lowest BCUT2D eigenvalue weighted by Crippen LogP contribution is -2.30. The van der Waals surface area contributed by atoms with Crippen molar-refractivity contribution in [3.63, 3.8) is 0 Å². The van der Waals surface area contributed by atoms with Gasteiger partial charge in [-0.25, -0.2) is 8.42 Å². The van der Waals surface area contributed by atoms with E-state index in [1.165, 1.54) is 34.8 Å². The minimum Gasteiger partial charge on any atom is -0.495 e. The fourth-order valence-electron chi connectivity index (χ4n) is 3.13. The van der Waals surface area contributed by atoms with Crippen LogP contribution in [0.4, 0.5) is 22.9 Å². The highest BCUT2D eigenvalue weighted by atomic mass is 32.2. The molecule has 11 heteroatoms. The van der Waals surface area contributed by atoms with E-state index in [1.807, 2.05) is 18.2 Å². The standard InChI is InChI=1S/C22H24N4O6S/c1-4-25(5-2)33(29,30)17-11-12-18(24-19-8-6-7-9-21(19)31-3)20(14-17)23-15-16-10-13-22(32-16)26(27)28/h6-15,24H,4-5H2,1-3H3. The number of para-hydroxylation sites is 2. The van der Waals surface area contributed by atoms with Crippen LogP contribution in [0.5, 0.6) is 5.75 Å². The third-order valence-electron chi connectivity index (χ3n) is 4.81. The fourth-order valence-corrected chi connectivity index (χ4v) is 4.61. The summed E-state index contributed by atoms with van der Waals surface area (Å²) < 4.78 is 37.8. The van der Waals surface area contributed by atoms with Gasteiger partial charge < -0.3 is 14.5 Å². The number of aliphatic imine (C=N–C) groups is 1. The van der Waals surface area contributed by atoms with E-state index in [2.05, 4.69) is 10.3 Å². The second-order valence-electron chi connectivity index (χ2n) is 6.78. The number of rotatable bonds is 10. The molecule has 0 aliphatic heterocycles. The average molecular weight is 473 g/mol. The van der Waals surface area contributed by atoms with Crippen molar-refractivity contribution in [2.45, 2.75) is 18.7 Å². The molecular formula is C22H24N4O6S.